The molecule has 0 heterocycles. The molecule has 0 N–H and O–H groups in total. The summed E-state index contributed by atoms with van der Waals surface area (Å²) in [6, 6.07) is 7.59. The molecule has 1 aromatic rings. The van der Waals surface area contributed by atoms with Crippen LogP contribution in [0.2, 0.25) is 0 Å². The van der Waals surface area contributed by atoms with Gasteiger partial charge in [-0.05, 0) is 5.56 Å². The van der Waals surface area contributed by atoms with Crippen LogP contribution in [0.15, 0.2) is 24.3 Å². The molecule has 84 valence electrons. The minimum absolute atomic E-state index is 0.0681. The number of benzene rings is 1. The van der Waals surface area contributed by atoms with Crippen molar-refractivity contribution in [2.45, 2.75) is 18.8 Å². The Balaban J connectivity index is 2.21. The van der Waals surface area contributed by atoms with Crippen LogP contribution in [0.4, 0.5) is 0 Å². The Hall–Kier alpha value is -1.64. The molecule has 1 aromatic carbocycles. The Bertz CT molecular complexity index is 437. The Labute approximate surface area is 95.1 Å². The summed E-state index contributed by atoms with van der Waals surface area (Å²) in [7, 11) is 3.48. The highest BCUT2D eigenvalue weighted by Gasteiger charge is 2.30. The van der Waals surface area contributed by atoms with E-state index < -0.39 is 0 Å². The van der Waals surface area contributed by atoms with Gasteiger partial charge >= 0.3 is 0 Å². The van der Waals surface area contributed by atoms with Crippen LogP contribution in [0.3, 0.4) is 0 Å². The van der Waals surface area contributed by atoms with Crippen LogP contribution in [0, 0.1) is 0 Å². The molecule has 0 saturated heterocycles. The summed E-state index contributed by atoms with van der Waals surface area (Å²) in [6.07, 6.45) is 0.897. The van der Waals surface area contributed by atoms with E-state index in [9.17, 15) is 9.59 Å². The molecular formula is C13H15NO2. The average molecular weight is 217 g/mol. The maximum atomic E-state index is 11.7. The van der Waals surface area contributed by atoms with Crippen LogP contribution in [-0.4, -0.2) is 30.7 Å². The van der Waals surface area contributed by atoms with Crippen LogP contribution in [0.5, 0.6) is 0 Å². The minimum Gasteiger partial charge on any atom is -0.349 e. The maximum absolute atomic E-state index is 11.7. The van der Waals surface area contributed by atoms with E-state index in [1.54, 1.807) is 19.0 Å². The highest BCUT2D eigenvalue weighted by atomic mass is 16.2. The molecule has 0 fully saturated rings. The first-order valence-corrected chi connectivity index (χ1v) is 5.42. The van der Waals surface area contributed by atoms with Crippen molar-refractivity contribution in [2.75, 3.05) is 14.1 Å². The number of carbonyl (C=O) groups is 2. The summed E-state index contributed by atoms with van der Waals surface area (Å²) >= 11 is 0. The molecule has 16 heavy (non-hydrogen) atoms. The fourth-order valence-corrected chi connectivity index (χ4v) is 2.13. The molecule has 0 aromatic heterocycles. The molecule has 0 bridgehead atoms. The zero-order valence-electron chi connectivity index (χ0n) is 9.56. The first-order valence-electron chi connectivity index (χ1n) is 5.42. The zero-order valence-corrected chi connectivity index (χ0v) is 9.56. The van der Waals surface area contributed by atoms with Crippen molar-refractivity contribution < 1.29 is 9.59 Å². The molecule has 0 spiro atoms. The van der Waals surface area contributed by atoms with Crippen molar-refractivity contribution in [3.63, 3.8) is 0 Å². The van der Waals surface area contributed by atoms with Gasteiger partial charge in [-0.1, -0.05) is 24.3 Å². The Morgan fingerprint density at radius 2 is 2.06 bits per heavy atom. The van der Waals surface area contributed by atoms with Crippen LogP contribution in [0.1, 0.15) is 34.7 Å². The fourth-order valence-electron chi connectivity index (χ4n) is 2.13. The number of ketones is 1. The second-order valence-electron chi connectivity index (χ2n) is 4.40. The number of carbonyl (C=O) groups excluding carboxylic acids is 2. The topological polar surface area (TPSA) is 37.4 Å². The Kier molecular flexibility index (Phi) is 2.77. The van der Waals surface area contributed by atoms with Gasteiger partial charge in [0.25, 0.3) is 0 Å². The lowest BCUT2D eigenvalue weighted by Gasteiger charge is -2.14. The number of fused-ring (bicyclic) bond motifs is 1. The number of hydrogen-bond donors (Lipinski definition) is 0. The maximum Gasteiger partial charge on any atom is 0.222 e. The SMILES string of the molecule is CN(C)C(=O)CC1CC(=O)c2ccccc21. The molecule has 0 aliphatic heterocycles. The van der Waals surface area contributed by atoms with E-state index >= 15 is 0 Å². The summed E-state index contributed by atoms with van der Waals surface area (Å²) in [5.41, 5.74) is 1.82. The van der Waals surface area contributed by atoms with Gasteiger partial charge in [-0.25, -0.2) is 0 Å². The van der Waals surface area contributed by atoms with Crippen LogP contribution in [0.25, 0.3) is 0 Å². The zero-order chi connectivity index (χ0) is 11.7. The van der Waals surface area contributed by atoms with Gasteiger partial charge in [0.2, 0.25) is 5.91 Å². The number of Topliss-reactive ketones (excluding diaryl/α,β-unsaturated/α-hetero) is 1. The van der Waals surface area contributed by atoms with E-state index in [-0.39, 0.29) is 17.6 Å². The molecule has 2 rings (SSSR count). The number of hydrogen-bond acceptors (Lipinski definition) is 2. The third kappa shape index (κ3) is 1.85. The van der Waals surface area contributed by atoms with Gasteiger partial charge in [0, 0.05) is 38.4 Å². The molecule has 3 heteroatoms. The third-order valence-electron chi connectivity index (χ3n) is 3.05. The smallest absolute Gasteiger partial charge is 0.222 e. The van der Waals surface area contributed by atoms with Gasteiger partial charge < -0.3 is 4.90 Å². The number of amides is 1. The van der Waals surface area contributed by atoms with Gasteiger partial charge in [-0.3, -0.25) is 9.59 Å². The standard InChI is InChI=1S/C13H15NO2/c1-14(2)13(16)8-9-7-12(15)11-6-4-3-5-10(9)11/h3-6,9H,7-8H2,1-2H3. The first-order chi connectivity index (χ1) is 7.59. The van der Waals surface area contributed by atoms with Crippen molar-refractivity contribution in [3.8, 4) is 0 Å². The Morgan fingerprint density at radius 1 is 1.38 bits per heavy atom. The first kappa shape index (κ1) is 10.9. The summed E-state index contributed by atoms with van der Waals surface area (Å²) in [5.74, 6) is 0.306. The van der Waals surface area contributed by atoms with Gasteiger partial charge in [0.05, 0.1) is 0 Å². The van der Waals surface area contributed by atoms with E-state index in [4.69, 9.17) is 0 Å². The predicted molar refractivity (Wildman–Crippen MR) is 61.4 cm³/mol. The second-order valence-corrected chi connectivity index (χ2v) is 4.40. The molecule has 1 unspecified atom stereocenters. The van der Waals surface area contributed by atoms with Gasteiger partial charge in [-0.2, -0.15) is 0 Å². The largest absolute Gasteiger partial charge is 0.349 e. The number of nitrogens with zero attached hydrogens (tertiary/aromatic N) is 1. The van der Waals surface area contributed by atoms with E-state index in [1.165, 1.54) is 0 Å². The van der Waals surface area contributed by atoms with E-state index in [0.29, 0.717) is 12.8 Å². The highest BCUT2D eigenvalue weighted by molar-refractivity contribution is 6.01. The van der Waals surface area contributed by atoms with Crippen LogP contribution in [-0.2, 0) is 4.79 Å². The van der Waals surface area contributed by atoms with Gasteiger partial charge in [0.15, 0.2) is 5.78 Å². The summed E-state index contributed by atoms with van der Waals surface area (Å²) in [6.45, 7) is 0. The minimum atomic E-state index is 0.0681. The molecule has 1 amide bonds. The van der Waals surface area contributed by atoms with Crippen LogP contribution < -0.4 is 0 Å². The van der Waals surface area contributed by atoms with Crippen molar-refractivity contribution in [2.24, 2.45) is 0 Å². The lowest BCUT2D eigenvalue weighted by atomic mass is 9.97. The summed E-state index contributed by atoms with van der Waals surface area (Å²) in [4.78, 5) is 24.9. The number of rotatable bonds is 2. The van der Waals surface area contributed by atoms with Crippen molar-refractivity contribution in [1.29, 1.82) is 0 Å². The van der Waals surface area contributed by atoms with Gasteiger partial charge in [-0.15, -0.1) is 0 Å². The quantitative estimate of drug-likeness (QED) is 0.758. The molecule has 3 nitrogen and oxygen atoms in total. The van der Waals surface area contributed by atoms with E-state index in [0.717, 1.165) is 11.1 Å². The monoisotopic (exact) mass is 217 g/mol. The lowest BCUT2D eigenvalue weighted by molar-refractivity contribution is -0.129. The van der Waals surface area contributed by atoms with Gasteiger partial charge in [0.1, 0.15) is 0 Å². The fraction of sp³-hybridized carbons (Fsp3) is 0.385. The summed E-state index contributed by atoms with van der Waals surface area (Å²) in [5, 5.41) is 0. The highest BCUT2D eigenvalue weighted by Crippen LogP contribution is 2.35. The lowest BCUT2D eigenvalue weighted by Crippen LogP contribution is -2.23. The third-order valence-corrected chi connectivity index (χ3v) is 3.05. The molecule has 0 saturated carbocycles. The normalized spacial score (nSPS) is 18.4. The molecule has 1 aliphatic rings. The molecular weight excluding hydrogens is 202 g/mol. The van der Waals surface area contributed by atoms with Crippen molar-refractivity contribution in [3.05, 3.63) is 35.4 Å². The molecule has 1 atom stereocenters. The van der Waals surface area contributed by atoms with E-state index in [2.05, 4.69) is 0 Å². The van der Waals surface area contributed by atoms with Crippen molar-refractivity contribution >= 4 is 11.7 Å². The second kappa shape index (κ2) is 4.08. The van der Waals surface area contributed by atoms with E-state index in [1.807, 2.05) is 24.3 Å². The molecule has 0 radical (unpaired) electrons. The average Bonchev–Trinajstić information content (AvgIpc) is 2.57. The summed E-state index contributed by atoms with van der Waals surface area (Å²) < 4.78 is 0. The predicted octanol–water partition coefficient (Wildman–Crippen LogP) is 1.83. The molecule has 1 aliphatic carbocycles. The van der Waals surface area contributed by atoms with Crippen molar-refractivity contribution in [1.82, 2.24) is 4.90 Å². The Morgan fingerprint density at radius 3 is 2.75 bits per heavy atom. The van der Waals surface area contributed by atoms with Crippen LogP contribution >= 0.6 is 0 Å².